The number of hydrogen-bond acceptors (Lipinski definition) is 5. The number of sulfonamides is 1. The van der Waals surface area contributed by atoms with Crippen LogP contribution in [-0.2, 0) is 21.4 Å². The maximum absolute atomic E-state index is 13.5. The number of carbonyl (C=O) groups is 1. The van der Waals surface area contributed by atoms with Gasteiger partial charge in [0.15, 0.2) is 0 Å². The van der Waals surface area contributed by atoms with Crippen molar-refractivity contribution in [2.24, 2.45) is 5.10 Å². The lowest BCUT2D eigenvalue weighted by Gasteiger charge is -2.25. The largest absolute Gasteiger partial charge is 0.489 e. The van der Waals surface area contributed by atoms with Crippen molar-refractivity contribution in [3.63, 3.8) is 0 Å². The lowest BCUT2D eigenvalue weighted by Crippen LogP contribution is -2.40. The monoisotopic (exact) mass is 597 g/mol. The first-order chi connectivity index (χ1) is 20.3. The Bertz CT molecular complexity index is 1840. The van der Waals surface area contributed by atoms with E-state index in [2.05, 4.69) is 28.7 Å². The van der Waals surface area contributed by atoms with E-state index in [1.807, 2.05) is 48.5 Å². The molecule has 5 rings (SSSR count). The standard InChI is InChI=1S/C33H28ClN3O4S/c1-24-14-17-28(34)20-32(24)37(42(39,40)30-11-3-2-4-12-30)22-33(38)36-35-21-25-15-18-29(19-16-25)41-23-27-10-7-9-26-8-5-6-13-31(26)27/h2-21H,22-23H2,1H3,(H,36,38)/b35-21-. The Hall–Kier alpha value is -4.66. The number of benzene rings is 5. The lowest BCUT2D eigenvalue weighted by molar-refractivity contribution is -0.119. The summed E-state index contributed by atoms with van der Waals surface area (Å²) in [5, 5.41) is 6.70. The summed E-state index contributed by atoms with van der Waals surface area (Å²) in [5.41, 5.74) is 5.21. The van der Waals surface area contributed by atoms with Crippen molar-refractivity contribution in [1.29, 1.82) is 0 Å². The van der Waals surface area contributed by atoms with E-state index in [0.717, 1.165) is 26.2 Å². The number of nitrogens with zero attached hydrogens (tertiary/aromatic N) is 2. The van der Waals surface area contributed by atoms with Gasteiger partial charge in [-0.3, -0.25) is 9.10 Å². The van der Waals surface area contributed by atoms with Gasteiger partial charge in [-0.15, -0.1) is 0 Å². The zero-order valence-electron chi connectivity index (χ0n) is 22.8. The first-order valence-corrected chi connectivity index (χ1v) is 15.0. The van der Waals surface area contributed by atoms with Crippen LogP contribution in [0, 0.1) is 6.92 Å². The molecule has 0 aliphatic heterocycles. The van der Waals surface area contributed by atoms with Crippen LogP contribution in [0.4, 0.5) is 5.69 Å². The smallest absolute Gasteiger partial charge is 0.264 e. The van der Waals surface area contributed by atoms with E-state index in [1.165, 1.54) is 24.4 Å². The molecule has 0 saturated heterocycles. The summed E-state index contributed by atoms with van der Waals surface area (Å²) in [7, 11) is -4.06. The van der Waals surface area contributed by atoms with Gasteiger partial charge in [-0.05, 0) is 82.9 Å². The van der Waals surface area contributed by atoms with Gasteiger partial charge >= 0.3 is 0 Å². The molecule has 0 spiro atoms. The Labute approximate surface area is 250 Å². The number of rotatable bonds is 10. The minimum atomic E-state index is -4.06. The number of nitrogens with one attached hydrogen (secondary N) is 1. The van der Waals surface area contributed by atoms with Gasteiger partial charge in [-0.25, -0.2) is 13.8 Å². The molecule has 0 radical (unpaired) electrons. The number of carbonyl (C=O) groups excluding carboxylic acids is 1. The Kier molecular flexibility index (Phi) is 8.85. The summed E-state index contributed by atoms with van der Waals surface area (Å²) in [5.74, 6) is 0.0861. The highest BCUT2D eigenvalue weighted by atomic mass is 35.5. The van der Waals surface area contributed by atoms with Crippen molar-refractivity contribution in [1.82, 2.24) is 5.43 Å². The summed E-state index contributed by atoms with van der Waals surface area (Å²) in [6.45, 7) is 1.70. The number of fused-ring (bicyclic) bond motifs is 1. The molecule has 7 nitrogen and oxygen atoms in total. The van der Waals surface area contributed by atoms with Crippen LogP contribution >= 0.6 is 11.6 Å². The molecule has 1 N–H and O–H groups in total. The normalized spacial score (nSPS) is 11.5. The fourth-order valence-corrected chi connectivity index (χ4v) is 6.11. The van der Waals surface area contributed by atoms with Crippen LogP contribution in [0.25, 0.3) is 10.8 Å². The zero-order chi connectivity index (χ0) is 29.5. The summed E-state index contributed by atoms with van der Waals surface area (Å²) in [6, 6.07) is 34.4. The SMILES string of the molecule is Cc1ccc(Cl)cc1N(CC(=O)N/N=C\c1ccc(OCc2cccc3ccccc23)cc1)S(=O)(=O)c1ccccc1. The molecular weight excluding hydrogens is 570 g/mol. The first-order valence-electron chi connectivity index (χ1n) is 13.2. The number of hydrogen-bond donors (Lipinski definition) is 1. The third kappa shape index (κ3) is 6.79. The number of hydrazone groups is 1. The number of anilines is 1. The van der Waals surface area contributed by atoms with Crippen molar-refractivity contribution in [3.05, 3.63) is 137 Å². The highest BCUT2D eigenvalue weighted by molar-refractivity contribution is 7.92. The quantitative estimate of drug-likeness (QED) is 0.143. The molecule has 212 valence electrons. The molecule has 42 heavy (non-hydrogen) atoms. The minimum Gasteiger partial charge on any atom is -0.489 e. The molecule has 0 saturated carbocycles. The molecular formula is C33H28ClN3O4S. The second kappa shape index (κ2) is 12.9. The molecule has 0 heterocycles. The predicted molar refractivity (Wildman–Crippen MR) is 168 cm³/mol. The van der Waals surface area contributed by atoms with Gasteiger partial charge in [0.25, 0.3) is 15.9 Å². The van der Waals surface area contributed by atoms with Crippen molar-refractivity contribution in [3.8, 4) is 5.75 Å². The van der Waals surface area contributed by atoms with Crippen LogP contribution in [0.2, 0.25) is 5.02 Å². The maximum atomic E-state index is 13.5. The van der Waals surface area contributed by atoms with E-state index >= 15 is 0 Å². The molecule has 0 atom stereocenters. The van der Waals surface area contributed by atoms with Crippen LogP contribution in [-0.4, -0.2) is 27.1 Å². The summed E-state index contributed by atoms with van der Waals surface area (Å²) in [6.07, 6.45) is 1.48. The third-order valence-electron chi connectivity index (χ3n) is 6.62. The van der Waals surface area contributed by atoms with E-state index in [0.29, 0.717) is 28.6 Å². The first kappa shape index (κ1) is 28.9. The average Bonchev–Trinajstić information content (AvgIpc) is 3.01. The Balaban J connectivity index is 1.24. The molecule has 9 heteroatoms. The second-order valence-corrected chi connectivity index (χ2v) is 11.8. The van der Waals surface area contributed by atoms with Crippen molar-refractivity contribution >= 4 is 50.2 Å². The molecule has 0 aromatic heterocycles. The van der Waals surface area contributed by atoms with Crippen molar-refractivity contribution in [2.45, 2.75) is 18.4 Å². The predicted octanol–water partition coefficient (Wildman–Crippen LogP) is 6.73. The van der Waals surface area contributed by atoms with Crippen LogP contribution in [0.5, 0.6) is 5.75 Å². The molecule has 0 bridgehead atoms. The van der Waals surface area contributed by atoms with E-state index in [1.54, 1.807) is 37.3 Å². The fraction of sp³-hybridized carbons (Fsp3) is 0.0909. The van der Waals surface area contributed by atoms with Gasteiger partial charge in [0, 0.05) is 5.02 Å². The van der Waals surface area contributed by atoms with E-state index in [-0.39, 0.29) is 4.90 Å². The Morgan fingerprint density at radius 1 is 0.905 bits per heavy atom. The summed E-state index contributed by atoms with van der Waals surface area (Å²) < 4.78 is 34.1. The highest BCUT2D eigenvalue weighted by Crippen LogP contribution is 2.29. The molecule has 0 aliphatic carbocycles. The minimum absolute atomic E-state index is 0.0587. The fourth-order valence-electron chi connectivity index (χ4n) is 4.44. The number of ether oxygens (including phenoxy) is 1. The number of amides is 1. The Morgan fingerprint density at radius 3 is 2.40 bits per heavy atom. The van der Waals surface area contributed by atoms with Gasteiger partial charge in [0.1, 0.15) is 18.9 Å². The van der Waals surface area contributed by atoms with Crippen LogP contribution in [0.1, 0.15) is 16.7 Å². The van der Waals surface area contributed by atoms with E-state index in [9.17, 15) is 13.2 Å². The molecule has 0 aliphatic rings. The van der Waals surface area contributed by atoms with Gasteiger partial charge in [0.2, 0.25) is 0 Å². The Morgan fingerprint density at radius 2 is 1.62 bits per heavy atom. The van der Waals surface area contributed by atoms with Crippen LogP contribution < -0.4 is 14.5 Å². The van der Waals surface area contributed by atoms with Gasteiger partial charge in [0.05, 0.1) is 16.8 Å². The van der Waals surface area contributed by atoms with Gasteiger partial charge < -0.3 is 4.74 Å². The zero-order valence-corrected chi connectivity index (χ0v) is 24.3. The van der Waals surface area contributed by atoms with Crippen molar-refractivity contribution in [2.75, 3.05) is 10.8 Å². The summed E-state index contributed by atoms with van der Waals surface area (Å²) in [4.78, 5) is 12.9. The highest BCUT2D eigenvalue weighted by Gasteiger charge is 2.28. The molecule has 1 amide bonds. The molecule has 5 aromatic rings. The van der Waals surface area contributed by atoms with E-state index < -0.39 is 22.5 Å². The van der Waals surface area contributed by atoms with E-state index in [4.69, 9.17) is 16.3 Å². The van der Waals surface area contributed by atoms with Crippen LogP contribution in [0.3, 0.4) is 0 Å². The third-order valence-corrected chi connectivity index (χ3v) is 8.62. The number of halogens is 1. The topological polar surface area (TPSA) is 88.1 Å². The lowest BCUT2D eigenvalue weighted by atomic mass is 10.1. The molecule has 0 unspecified atom stereocenters. The second-order valence-electron chi connectivity index (χ2n) is 9.54. The van der Waals surface area contributed by atoms with Gasteiger partial charge in [-0.2, -0.15) is 5.10 Å². The summed E-state index contributed by atoms with van der Waals surface area (Å²) >= 11 is 6.18. The molecule has 5 aromatic carbocycles. The van der Waals surface area contributed by atoms with Crippen LogP contribution in [0.15, 0.2) is 125 Å². The maximum Gasteiger partial charge on any atom is 0.264 e. The van der Waals surface area contributed by atoms with Crippen molar-refractivity contribution < 1.29 is 17.9 Å². The average molecular weight is 598 g/mol. The van der Waals surface area contributed by atoms with Gasteiger partial charge in [-0.1, -0.05) is 78.3 Å². The number of aryl methyl sites for hydroxylation is 1. The molecule has 0 fully saturated rings.